The van der Waals surface area contributed by atoms with Crippen LogP contribution in [0.2, 0.25) is 0 Å². The van der Waals surface area contributed by atoms with Crippen molar-refractivity contribution >= 4 is 5.97 Å². The topological polar surface area (TPSA) is 55.1 Å². The SMILES string of the molecule is CCCC1CCC(Cc2ccn(C)n2)(C(=O)O)CC1. The molecule has 1 saturated carbocycles. The van der Waals surface area contributed by atoms with E-state index in [1.165, 1.54) is 12.8 Å². The molecule has 0 radical (unpaired) electrons. The van der Waals surface area contributed by atoms with E-state index in [2.05, 4.69) is 12.0 Å². The van der Waals surface area contributed by atoms with Gasteiger partial charge >= 0.3 is 5.97 Å². The standard InChI is InChI=1S/C15H24N2O2/c1-3-4-12-5-8-15(9-6-12,14(18)19)11-13-7-10-17(2)16-13/h7,10,12H,3-6,8-9,11H2,1-2H3,(H,18,19). The van der Waals surface area contributed by atoms with Gasteiger partial charge in [-0.05, 0) is 37.7 Å². The maximum Gasteiger partial charge on any atom is 0.310 e. The van der Waals surface area contributed by atoms with Gasteiger partial charge in [-0.1, -0.05) is 19.8 Å². The first kappa shape index (κ1) is 14.1. The maximum absolute atomic E-state index is 11.7. The molecule has 4 heteroatoms. The molecule has 0 spiro atoms. The molecule has 2 rings (SSSR count). The molecule has 0 atom stereocenters. The molecular formula is C15H24N2O2. The van der Waals surface area contributed by atoms with Crippen molar-refractivity contribution in [1.29, 1.82) is 0 Å². The van der Waals surface area contributed by atoms with Gasteiger partial charge in [-0.2, -0.15) is 5.10 Å². The average molecular weight is 264 g/mol. The predicted molar refractivity (Wildman–Crippen MR) is 73.8 cm³/mol. The van der Waals surface area contributed by atoms with Crippen molar-refractivity contribution in [2.45, 2.75) is 51.9 Å². The molecule has 0 bridgehead atoms. The summed E-state index contributed by atoms with van der Waals surface area (Å²) in [5, 5.41) is 14.0. The fourth-order valence-corrected chi connectivity index (χ4v) is 3.30. The molecule has 19 heavy (non-hydrogen) atoms. The van der Waals surface area contributed by atoms with E-state index in [9.17, 15) is 9.90 Å². The lowest BCUT2D eigenvalue weighted by atomic mass is 9.67. The highest BCUT2D eigenvalue weighted by atomic mass is 16.4. The third-order valence-electron chi connectivity index (χ3n) is 4.50. The van der Waals surface area contributed by atoms with E-state index in [-0.39, 0.29) is 0 Å². The number of nitrogens with zero attached hydrogens (tertiary/aromatic N) is 2. The molecule has 1 N–H and O–H groups in total. The highest BCUT2D eigenvalue weighted by molar-refractivity contribution is 5.75. The van der Waals surface area contributed by atoms with Gasteiger partial charge in [0.05, 0.1) is 11.1 Å². The number of rotatable bonds is 5. The van der Waals surface area contributed by atoms with Crippen molar-refractivity contribution in [3.63, 3.8) is 0 Å². The zero-order chi connectivity index (χ0) is 13.9. The second-order valence-corrected chi connectivity index (χ2v) is 5.98. The summed E-state index contributed by atoms with van der Waals surface area (Å²) in [5.74, 6) is 0.0781. The zero-order valence-corrected chi connectivity index (χ0v) is 11.9. The van der Waals surface area contributed by atoms with Crippen LogP contribution in [0.15, 0.2) is 12.3 Å². The van der Waals surface area contributed by atoms with Gasteiger partial charge in [-0.15, -0.1) is 0 Å². The van der Waals surface area contributed by atoms with E-state index < -0.39 is 11.4 Å². The van der Waals surface area contributed by atoms with Crippen molar-refractivity contribution in [2.75, 3.05) is 0 Å². The van der Waals surface area contributed by atoms with Gasteiger partial charge in [0.25, 0.3) is 0 Å². The van der Waals surface area contributed by atoms with Crippen LogP contribution >= 0.6 is 0 Å². The Hall–Kier alpha value is -1.32. The highest BCUT2D eigenvalue weighted by Gasteiger charge is 2.42. The van der Waals surface area contributed by atoms with Crippen molar-refractivity contribution in [3.05, 3.63) is 18.0 Å². The fraction of sp³-hybridized carbons (Fsp3) is 0.733. The first-order valence-corrected chi connectivity index (χ1v) is 7.27. The van der Waals surface area contributed by atoms with Crippen molar-refractivity contribution < 1.29 is 9.90 Å². The zero-order valence-electron chi connectivity index (χ0n) is 11.9. The maximum atomic E-state index is 11.7. The Morgan fingerprint density at radius 3 is 2.68 bits per heavy atom. The van der Waals surface area contributed by atoms with Crippen LogP contribution in [-0.2, 0) is 18.3 Å². The molecule has 106 valence electrons. The first-order valence-electron chi connectivity index (χ1n) is 7.27. The average Bonchev–Trinajstić information content (AvgIpc) is 2.77. The van der Waals surface area contributed by atoms with Crippen molar-refractivity contribution in [3.8, 4) is 0 Å². The first-order chi connectivity index (χ1) is 9.05. The Morgan fingerprint density at radius 2 is 2.21 bits per heavy atom. The van der Waals surface area contributed by atoms with E-state index in [0.29, 0.717) is 6.42 Å². The second-order valence-electron chi connectivity index (χ2n) is 5.98. The van der Waals surface area contributed by atoms with Crippen molar-refractivity contribution in [2.24, 2.45) is 18.4 Å². The number of carboxylic acids is 1. The van der Waals surface area contributed by atoms with Crippen LogP contribution in [0.4, 0.5) is 0 Å². The summed E-state index contributed by atoms with van der Waals surface area (Å²) >= 11 is 0. The van der Waals surface area contributed by atoms with Crippen LogP contribution < -0.4 is 0 Å². The van der Waals surface area contributed by atoms with E-state index in [0.717, 1.165) is 37.3 Å². The van der Waals surface area contributed by atoms with Gasteiger partial charge in [-0.3, -0.25) is 9.48 Å². The van der Waals surface area contributed by atoms with Crippen LogP contribution in [-0.4, -0.2) is 20.9 Å². The molecule has 1 aliphatic rings. The number of hydrogen-bond donors (Lipinski definition) is 1. The van der Waals surface area contributed by atoms with E-state index in [1.54, 1.807) is 4.68 Å². The Labute approximate surface area is 114 Å². The molecule has 0 aromatic carbocycles. The lowest BCUT2D eigenvalue weighted by Crippen LogP contribution is -2.37. The summed E-state index contributed by atoms with van der Waals surface area (Å²) in [6.45, 7) is 2.20. The molecule has 1 aliphatic carbocycles. The van der Waals surface area contributed by atoms with Gasteiger partial charge in [0.2, 0.25) is 0 Å². The second kappa shape index (κ2) is 5.76. The number of aromatic nitrogens is 2. The molecule has 1 fully saturated rings. The number of aliphatic carboxylic acids is 1. The molecule has 1 aromatic rings. The Bertz CT molecular complexity index is 431. The van der Waals surface area contributed by atoms with E-state index in [1.807, 2.05) is 19.3 Å². The number of aryl methyl sites for hydroxylation is 1. The smallest absolute Gasteiger partial charge is 0.310 e. The van der Waals surface area contributed by atoms with Crippen LogP contribution in [0.3, 0.4) is 0 Å². The Balaban J connectivity index is 2.06. The van der Waals surface area contributed by atoms with Crippen LogP contribution in [0, 0.1) is 11.3 Å². The lowest BCUT2D eigenvalue weighted by Gasteiger charge is -2.36. The number of carbonyl (C=O) groups is 1. The van der Waals surface area contributed by atoms with Gasteiger partial charge in [0.1, 0.15) is 0 Å². The van der Waals surface area contributed by atoms with E-state index >= 15 is 0 Å². The molecule has 0 saturated heterocycles. The largest absolute Gasteiger partial charge is 0.481 e. The molecule has 1 aromatic heterocycles. The normalized spacial score (nSPS) is 27.4. The quantitative estimate of drug-likeness (QED) is 0.889. The summed E-state index contributed by atoms with van der Waals surface area (Å²) in [7, 11) is 1.87. The van der Waals surface area contributed by atoms with E-state index in [4.69, 9.17) is 0 Å². The molecule has 0 unspecified atom stereocenters. The molecule has 1 heterocycles. The summed E-state index contributed by atoms with van der Waals surface area (Å²) in [6.07, 6.45) is 8.58. The Kier molecular flexibility index (Phi) is 4.27. The highest BCUT2D eigenvalue weighted by Crippen LogP contribution is 2.42. The summed E-state index contributed by atoms with van der Waals surface area (Å²) in [5.41, 5.74) is 0.317. The molecule has 4 nitrogen and oxygen atoms in total. The fourth-order valence-electron chi connectivity index (χ4n) is 3.30. The third kappa shape index (κ3) is 3.17. The van der Waals surface area contributed by atoms with Gasteiger partial charge in [0.15, 0.2) is 0 Å². The summed E-state index contributed by atoms with van der Waals surface area (Å²) in [4.78, 5) is 11.7. The summed E-state index contributed by atoms with van der Waals surface area (Å²) < 4.78 is 1.74. The lowest BCUT2D eigenvalue weighted by molar-refractivity contribution is -0.151. The minimum atomic E-state index is -0.645. The van der Waals surface area contributed by atoms with Crippen molar-refractivity contribution in [1.82, 2.24) is 9.78 Å². The van der Waals surface area contributed by atoms with Crippen LogP contribution in [0.25, 0.3) is 0 Å². The molecule has 0 aliphatic heterocycles. The number of hydrogen-bond acceptors (Lipinski definition) is 2. The van der Waals surface area contributed by atoms with Gasteiger partial charge in [0, 0.05) is 19.7 Å². The van der Waals surface area contributed by atoms with Gasteiger partial charge in [-0.25, -0.2) is 0 Å². The van der Waals surface area contributed by atoms with Gasteiger partial charge < -0.3 is 5.11 Å². The monoisotopic (exact) mass is 264 g/mol. The van der Waals surface area contributed by atoms with Crippen LogP contribution in [0.5, 0.6) is 0 Å². The summed E-state index contributed by atoms with van der Waals surface area (Å²) in [6, 6.07) is 1.93. The molecular weight excluding hydrogens is 240 g/mol. The Morgan fingerprint density at radius 1 is 1.53 bits per heavy atom. The number of carboxylic acid groups (broad SMARTS) is 1. The minimum Gasteiger partial charge on any atom is -0.481 e. The minimum absolute atomic E-state index is 0.571. The third-order valence-corrected chi connectivity index (χ3v) is 4.50. The molecule has 0 amide bonds. The predicted octanol–water partition coefficient (Wildman–Crippen LogP) is 3.02. The van der Waals surface area contributed by atoms with Crippen LogP contribution in [0.1, 0.15) is 51.1 Å².